The fourth-order valence-electron chi connectivity index (χ4n) is 4.78. The number of methoxy groups -OCH3 is 1. The Hall–Kier alpha value is -1.02. The second kappa shape index (κ2) is 7.04. The van der Waals surface area contributed by atoms with Crippen LogP contribution in [-0.2, 0) is 0 Å². The minimum atomic E-state index is 0.672. The summed E-state index contributed by atoms with van der Waals surface area (Å²) < 4.78 is 5.56. The maximum absolute atomic E-state index is 5.56. The first-order chi connectivity index (χ1) is 10.7. The summed E-state index contributed by atoms with van der Waals surface area (Å²) in [6, 6.07) is 9.41. The van der Waals surface area contributed by atoms with Gasteiger partial charge in [-0.05, 0) is 74.6 Å². The molecule has 2 heteroatoms. The summed E-state index contributed by atoms with van der Waals surface area (Å²) in [6.07, 6.45) is 6.79. The summed E-state index contributed by atoms with van der Waals surface area (Å²) in [5, 5.41) is 0. The van der Waals surface area contributed by atoms with Gasteiger partial charge in [0.15, 0.2) is 0 Å². The van der Waals surface area contributed by atoms with Gasteiger partial charge in [-0.25, -0.2) is 0 Å². The van der Waals surface area contributed by atoms with Crippen LogP contribution in [0.15, 0.2) is 24.3 Å². The molecule has 0 spiro atoms. The highest BCUT2D eigenvalue weighted by molar-refractivity contribution is 5.36. The van der Waals surface area contributed by atoms with Crippen molar-refractivity contribution in [3.63, 3.8) is 0 Å². The van der Waals surface area contributed by atoms with Crippen molar-refractivity contribution >= 4 is 0 Å². The lowest BCUT2D eigenvalue weighted by atomic mass is 9.78. The number of rotatable bonds is 3. The van der Waals surface area contributed by atoms with Crippen LogP contribution in [-0.4, -0.2) is 31.1 Å². The Morgan fingerprint density at radius 2 is 1.59 bits per heavy atom. The van der Waals surface area contributed by atoms with Crippen molar-refractivity contribution in [2.75, 3.05) is 20.2 Å². The third-order valence-electron chi connectivity index (χ3n) is 5.78. The van der Waals surface area contributed by atoms with Crippen molar-refractivity contribution in [2.45, 2.75) is 57.9 Å². The molecule has 1 heterocycles. The molecule has 2 unspecified atom stereocenters. The number of benzene rings is 1. The van der Waals surface area contributed by atoms with Gasteiger partial charge in [0.25, 0.3) is 0 Å². The highest BCUT2D eigenvalue weighted by Gasteiger charge is 2.31. The zero-order valence-corrected chi connectivity index (χ0v) is 14.4. The Labute approximate surface area is 135 Å². The predicted octanol–water partition coefficient (Wildman–Crippen LogP) is 4.70. The number of hydrogen-bond acceptors (Lipinski definition) is 2. The molecule has 1 aliphatic heterocycles. The van der Waals surface area contributed by atoms with E-state index in [1.54, 1.807) is 7.11 Å². The van der Waals surface area contributed by atoms with Gasteiger partial charge in [0.05, 0.1) is 7.11 Å². The van der Waals surface area contributed by atoms with Crippen LogP contribution < -0.4 is 4.74 Å². The smallest absolute Gasteiger partial charge is 0.122 e. The van der Waals surface area contributed by atoms with Crippen LogP contribution in [0.1, 0.15) is 57.4 Å². The Balaban J connectivity index is 1.60. The Bertz CT molecular complexity index is 468. The highest BCUT2D eigenvalue weighted by atomic mass is 16.5. The molecule has 0 amide bonds. The van der Waals surface area contributed by atoms with E-state index in [-0.39, 0.29) is 0 Å². The fourth-order valence-corrected chi connectivity index (χ4v) is 4.78. The number of hydrogen-bond donors (Lipinski definition) is 0. The van der Waals surface area contributed by atoms with Gasteiger partial charge < -0.3 is 9.64 Å². The molecule has 1 saturated heterocycles. The number of likely N-dealkylation sites (tertiary alicyclic amines) is 1. The standard InChI is InChI=1S/C20H31NO/c1-15-12-16(2)14-18(13-15)21-10-8-17(9-11-21)19-6-4-5-7-20(19)22-3/h4-7,15-18H,8-14H2,1-3H3. The molecule has 3 rings (SSSR count). The second-order valence-electron chi connectivity index (χ2n) is 7.62. The van der Waals surface area contributed by atoms with Crippen molar-refractivity contribution in [2.24, 2.45) is 11.8 Å². The molecule has 1 saturated carbocycles. The zero-order chi connectivity index (χ0) is 15.5. The van der Waals surface area contributed by atoms with Crippen molar-refractivity contribution in [1.82, 2.24) is 4.90 Å². The van der Waals surface area contributed by atoms with E-state index in [0.717, 1.165) is 23.6 Å². The number of para-hydroxylation sites is 1. The van der Waals surface area contributed by atoms with Crippen LogP contribution >= 0.6 is 0 Å². The lowest BCUT2D eigenvalue weighted by molar-refractivity contribution is 0.0858. The van der Waals surface area contributed by atoms with E-state index in [1.807, 2.05) is 0 Å². The first-order valence-electron chi connectivity index (χ1n) is 9.04. The summed E-state index contributed by atoms with van der Waals surface area (Å²) >= 11 is 0. The molecule has 1 aromatic carbocycles. The van der Waals surface area contributed by atoms with Crippen LogP contribution in [0.25, 0.3) is 0 Å². The number of ether oxygens (including phenoxy) is 1. The first kappa shape index (κ1) is 15.9. The van der Waals surface area contributed by atoms with E-state index in [4.69, 9.17) is 4.74 Å². The maximum atomic E-state index is 5.56. The van der Waals surface area contributed by atoms with Gasteiger partial charge in [0, 0.05) is 6.04 Å². The summed E-state index contributed by atoms with van der Waals surface area (Å²) in [5.41, 5.74) is 1.41. The normalized spacial score (nSPS) is 31.1. The van der Waals surface area contributed by atoms with Gasteiger partial charge >= 0.3 is 0 Å². The van der Waals surface area contributed by atoms with Crippen LogP contribution in [0.5, 0.6) is 5.75 Å². The highest BCUT2D eigenvalue weighted by Crippen LogP contribution is 2.37. The van der Waals surface area contributed by atoms with E-state index >= 15 is 0 Å². The van der Waals surface area contributed by atoms with E-state index in [9.17, 15) is 0 Å². The quantitative estimate of drug-likeness (QED) is 0.802. The van der Waals surface area contributed by atoms with Gasteiger partial charge in [0.1, 0.15) is 5.75 Å². The summed E-state index contributed by atoms with van der Waals surface area (Å²) in [7, 11) is 1.79. The SMILES string of the molecule is COc1ccccc1C1CCN(C2CC(C)CC(C)C2)CC1. The van der Waals surface area contributed by atoms with E-state index in [0.29, 0.717) is 5.92 Å². The molecule has 0 bridgehead atoms. The molecule has 122 valence electrons. The summed E-state index contributed by atoms with van der Waals surface area (Å²) in [4.78, 5) is 2.78. The van der Waals surface area contributed by atoms with Gasteiger partial charge in [-0.1, -0.05) is 32.0 Å². The molecule has 1 aromatic rings. The molecule has 2 fully saturated rings. The summed E-state index contributed by atoms with van der Waals surface area (Å²) in [5.74, 6) is 3.55. The second-order valence-corrected chi connectivity index (χ2v) is 7.62. The van der Waals surface area contributed by atoms with Crippen LogP contribution in [0.3, 0.4) is 0 Å². The molecule has 0 radical (unpaired) electrons. The van der Waals surface area contributed by atoms with Gasteiger partial charge in [-0.2, -0.15) is 0 Å². The predicted molar refractivity (Wildman–Crippen MR) is 92.5 cm³/mol. The average Bonchev–Trinajstić information content (AvgIpc) is 2.54. The number of nitrogens with zero attached hydrogens (tertiary/aromatic N) is 1. The largest absolute Gasteiger partial charge is 0.496 e. The molecule has 2 nitrogen and oxygen atoms in total. The van der Waals surface area contributed by atoms with Crippen LogP contribution in [0.2, 0.25) is 0 Å². The maximum Gasteiger partial charge on any atom is 0.122 e. The molecule has 2 aliphatic rings. The molecule has 0 N–H and O–H groups in total. The number of piperidine rings is 1. The Kier molecular flexibility index (Phi) is 5.07. The molecule has 22 heavy (non-hydrogen) atoms. The zero-order valence-electron chi connectivity index (χ0n) is 14.4. The van der Waals surface area contributed by atoms with E-state index in [2.05, 4.69) is 43.0 Å². The van der Waals surface area contributed by atoms with Crippen molar-refractivity contribution in [1.29, 1.82) is 0 Å². The third kappa shape index (κ3) is 3.48. The van der Waals surface area contributed by atoms with Gasteiger partial charge in [-0.15, -0.1) is 0 Å². The fraction of sp³-hybridized carbons (Fsp3) is 0.700. The summed E-state index contributed by atoms with van der Waals surface area (Å²) in [6.45, 7) is 7.38. The molecular weight excluding hydrogens is 270 g/mol. The molecule has 0 aromatic heterocycles. The Morgan fingerprint density at radius 1 is 0.955 bits per heavy atom. The third-order valence-corrected chi connectivity index (χ3v) is 5.78. The van der Waals surface area contributed by atoms with Crippen LogP contribution in [0, 0.1) is 11.8 Å². The topological polar surface area (TPSA) is 12.5 Å². The van der Waals surface area contributed by atoms with Gasteiger partial charge in [-0.3, -0.25) is 0 Å². The van der Waals surface area contributed by atoms with Crippen molar-refractivity contribution in [3.8, 4) is 5.75 Å². The monoisotopic (exact) mass is 301 g/mol. The lowest BCUT2D eigenvalue weighted by Gasteiger charge is -2.42. The molecular formula is C20H31NO. The minimum Gasteiger partial charge on any atom is -0.496 e. The van der Waals surface area contributed by atoms with Gasteiger partial charge in [0.2, 0.25) is 0 Å². The van der Waals surface area contributed by atoms with Crippen LogP contribution in [0.4, 0.5) is 0 Å². The first-order valence-corrected chi connectivity index (χ1v) is 9.04. The van der Waals surface area contributed by atoms with Crippen molar-refractivity contribution in [3.05, 3.63) is 29.8 Å². The van der Waals surface area contributed by atoms with Crippen molar-refractivity contribution < 1.29 is 4.74 Å². The lowest BCUT2D eigenvalue weighted by Crippen LogP contribution is -2.44. The van der Waals surface area contributed by atoms with E-state index in [1.165, 1.54) is 50.8 Å². The van der Waals surface area contributed by atoms with E-state index < -0.39 is 0 Å². The molecule has 2 atom stereocenters. The average molecular weight is 301 g/mol. The minimum absolute atomic E-state index is 0.672. The Morgan fingerprint density at radius 3 is 2.23 bits per heavy atom. The molecule has 1 aliphatic carbocycles.